The third-order valence-corrected chi connectivity index (χ3v) is 4.39. The lowest BCUT2D eigenvalue weighted by Crippen LogP contribution is -2.12. The summed E-state index contributed by atoms with van der Waals surface area (Å²) in [6.07, 6.45) is 6.65. The molecular formula is C19H20N8O. The fourth-order valence-electron chi connectivity index (χ4n) is 3.02. The van der Waals surface area contributed by atoms with Gasteiger partial charge in [-0.25, -0.2) is 15.0 Å². The van der Waals surface area contributed by atoms with E-state index in [9.17, 15) is 4.79 Å². The van der Waals surface area contributed by atoms with Crippen LogP contribution in [-0.2, 0) is 14.1 Å². The standard InChI is InChI=1S/C19H20N8O/c1-4-20-19-21-6-5-14(24-19)16-7-12-9-22-17(8-15(12)27(16)3)25-18(28)13-10-23-26(2)11-13/h5-11H,4H2,1-3H3,(H,20,21,24)(H,22,25,28). The highest BCUT2D eigenvalue weighted by molar-refractivity contribution is 6.04. The van der Waals surface area contributed by atoms with E-state index in [1.54, 1.807) is 30.3 Å². The maximum absolute atomic E-state index is 12.3. The number of amides is 1. The monoisotopic (exact) mass is 376 g/mol. The van der Waals surface area contributed by atoms with Crippen LogP contribution in [-0.4, -0.2) is 41.8 Å². The molecule has 0 aliphatic heterocycles. The van der Waals surface area contributed by atoms with E-state index in [0.29, 0.717) is 17.3 Å². The molecule has 0 aromatic carbocycles. The molecule has 0 aliphatic carbocycles. The van der Waals surface area contributed by atoms with Crippen molar-refractivity contribution >= 4 is 28.6 Å². The van der Waals surface area contributed by atoms with Gasteiger partial charge in [0.25, 0.3) is 5.91 Å². The zero-order chi connectivity index (χ0) is 19.7. The van der Waals surface area contributed by atoms with Crippen LogP contribution in [0.1, 0.15) is 17.3 Å². The topological polar surface area (TPSA) is 103 Å². The zero-order valence-corrected chi connectivity index (χ0v) is 15.8. The van der Waals surface area contributed by atoms with Crippen molar-refractivity contribution in [1.82, 2.24) is 29.3 Å². The molecular weight excluding hydrogens is 356 g/mol. The van der Waals surface area contributed by atoms with E-state index >= 15 is 0 Å². The van der Waals surface area contributed by atoms with E-state index in [1.807, 2.05) is 36.7 Å². The van der Waals surface area contributed by atoms with Crippen LogP contribution in [0.4, 0.5) is 11.8 Å². The van der Waals surface area contributed by atoms with Crippen LogP contribution >= 0.6 is 0 Å². The molecule has 0 radical (unpaired) electrons. The molecule has 142 valence electrons. The molecule has 0 bridgehead atoms. The number of aryl methyl sites for hydroxylation is 2. The summed E-state index contributed by atoms with van der Waals surface area (Å²) in [5.41, 5.74) is 3.17. The lowest BCUT2D eigenvalue weighted by molar-refractivity contribution is 0.102. The molecule has 4 aromatic heterocycles. The SMILES string of the molecule is CCNc1nccc(-c2cc3cnc(NC(=O)c4cnn(C)c4)cc3n2C)n1. The smallest absolute Gasteiger partial charge is 0.260 e. The highest BCUT2D eigenvalue weighted by atomic mass is 16.1. The van der Waals surface area contributed by atoms with Crippen molar-refractivity contribution in [3.63, 3.8) is 0 Å². The first-order valence-corrected chi connectivity index (χ1v) is 8.88. The molecule has 28 heavy (non-hydrogen) atoms. The molecule has 4 heterocycles. The summed E-state index contributed by atoms with van der Waals surface area (Å²) in [4.78, 5) is 25.5. The first-order chi connectivity index (χ1) is 13.5. The molecule has 9 heteroatoms. The number of fused-ring (bicyclic) bond motifs is 1. The molecule has 1 amide bonds. The summed E-state index contributed by atoms with van der Waals surface area (Å²) in [6, 6.07) is 5.74. The maximum atomic E-state index is 12.3. The molecule has 0 fully saturated rings. The van der Waals surface area contributed by atoms with Gasteiger partial charge in [0.05, 0.1) is 28.7 Å². The lowest BCUT2D eigenvalue weighted by atomic mass is 10.2. The molecule has 0 spiro atoms. The van der Waals surface area contributed by atoms with Gasteiger partial charge in [-0.15, -0.1) is 0 Å². The number of hydrogen-bond acceptors (Lipinski definition) is 6. The predicted octanol–water partition coefficient (Wildman–Crippen LogP) is 2.45. The van der Waals surface area contributed by atoms with Gasteiger partial charge in [0.2, 0.25) is 5.95 Å². The van der Waals surface area contributed by atoms with Crippen LogP contribution < -0.4 is 10.6 Å². The Morgan fingerprint density at radius 3 is 2.79 bits per heavy atom. The Labute approximate surface area is 161 Å². The minimum atomic E-state index is -0.250. The Balaban J connectivity index is 1.66. The Morgan fingerprint density at radius 1 is 1.18 bits per heavy atom. The molecule has 2 N–H and O–H groups in total. The first-order valence-electron chi connectivity index (χ1n) is 8.88. The second-order valence-corrected chi connectivity index (χ2v) is 6.37. The van der Waals surface area contributed by atoms with Crippen LogP contribution in [0.5, 0.6) is 0 Å². The number of nitrogens with zero attached hydrogens (tertiary/aromatic N) is 6. The van der Waals surface area contributed by atoms with Gasteiger partial charge in [-0.2, -0.15) is 5.10 Å². The average Bonchev–Trinajstić information content (AvgIpc) is 3.26. The minimum Gasteiger partial charge on any atom is -0.354 e. The van der Waals surface area contributed by atoms with Gasteiger partial charge in [-0.3, -0.25) is 9.48 Å². The summed E-state index contributed by atoms with van der Waals surface area (Å²) >= 11 is 0. The number of carbonyl (C=O) groups is 1. The predicted molar refractivity (Wildman–Crippen MR) is 107 cm³/mol. The van der Waals surface area contributed by atoms with Gasteiger partial charge in [-0.1, -0.05) is 0 Å². The van der Waals surface area contributed by atoms with Gasteiger partial charge < -0.3 is 15.2 Å². The molecule has 4 aromatic rings. The fourth-order valence-corrected chi connectivity index (χ4v) is 3.02. The first kappa shape index (κ1) is 17.7. The number of hydrogen-bond donors (Lipinski definition) is 2. The second kappa shape index (κ2) is 7.10. The van der Waals surface area contributed by atoms with E-state index in [0.717, 1.165) is 28.8 Å². The van der Waals surface area contributed by atoms with Crippen LogP contribution in [0.2, 0.25) is 0 Å². The van der Waals surface area contributed by atoms with Crippen molar-refractivity contribution in [2.45, 2.75) is 6.92 Å². The van der Waals surface area contributed by atoms with Crippen molar-refractivity contribution in [3.05, 3.63) is 48.5 Å². The van der Waals surface area contributed by atoms with Gasteiger partial charge in [0.15, 0.2) is 0 Å². The van der Waals surface area contributed by atoms with Gasteiger partial charge >= 0.3 is 0 Å². The van der Waals surface area contributed by atoms with Crippen LogP contribution in [0, 0.1) is 0 Å². The molecule has 0 unspecified atom stereocenters. The van der Waals surface area contributed by atoms with Crippen LogP contribution in [0.25, 0.3) is 22.3 Å². The molecule has 0 saturated heterocycles. The third kappa shape index (κ3) is 3.29. The summed E-state index contributed by atoms with van der Waals surface area (Å²) in [5, 5.41) is 10.9. The molecule has 9 nitrogen and oxygen atoms in total. The number of nitrogens with one attached hydrogen (secondary N) is 2. The quantitative estimate of drug-likeness (QED) is 0.555. The highest BCUT2D eigenvalue weighted by Gasteiger charge is 2.13. The Morgan fingerprint density at radius 2 is 2.04 bits per heavy atom. The third-order valence-electron chi connectivity index (χ3n) is 4.39. The van der Waals surface area contributed by atoms with E-state index in [4.69, 9.17) is 0 Å². The molecule has 4 rings (SSSR count). The largest absolute Gasteiger partial charge is 0.354 e. The lowest BCUT2D eigenvalue weighted by Gasteiger charge is -2.07. The summed E-state index contributed by atoms with van der Waals surface area (Å²) in [5.74, 6) is 0.818. The van der Waals surface area contributed by atoms with E-state index in [-0.39, 0.29) is 5.91 Å². The van der Waals surface area contributed by atoms with Crippen molar-refractivity contribution in [2.75, 3.05) is 17.2 Å². The minimum absolute atomic E-state index is 0.250. The Bertz CT molecular complexity index is 1160. The zero-order valence-electron chi connectivity index (χ0n) is 15.8. The number of aromatic nitrogens is 6. The Kier molecular flexibility index (Phi) is 4.48. The van der Waals surface area contributed by atoms with E-state index in [1.165, 1.54) is 6.20 Å². The summed E-state index contributed by atoms with van der Waals surface area (Å²) in [7, 11) is 3.72. The Hall–Kier alpha value is -3.75. The number of anilines is 2. The van der Waals surface area contributed by atoms with E-state index < -0.39 is 0 Å². The summed E-state index contributed by atoms with van der Waals surface area (Å²) in [6.45, 7) is 2.75. The number of rotatable bonds is 5. The fraction of sp³-hybridized carbons (Fsp3) is 0.211. The number of pyridine rings is 1. The van der Waals surface area contributed by atoms with Crippen LogP contribution in [0.15, 0.2) is 43.0 Å². The molecule has 0 atom stereocenters. The van der Waals surface area contributed by atoms with Crippen molar-refractivity contribution in [1.29, 1.82) is 0 Å². The maximum Gasteiger partial charge on any atom is 0.260 e. The average molecular weight is 376 g/mol. The van der Waals surface area contributed by atoms with Gasteiger partial charge in [0, 0.05) is 50.7 Å². The van der Waals surface area contributed by atoms with Gasteiger partial charge in [-0.05, 0) is 19.1 Å². The normalized spacial score (nSPS) is 11.0. The summed E-state index contributed by atoms with van der Waals surface area (Å²) < 4.78 is 3.60. The number of carbonyl (C=O) groups excluding carboxylic acids is 1. The molecule has 0 aliphatic rings. The second-order valence-electron chi connectivity index (χ2n) is 6.37. The molecule has 0 saturated carbocycles. The van der Waals surface area contributed by atoms with Crippen LogP contribution in [0.3, 0.4) is 0 Å². The van der Waals surface area contributed by atoms with Crippen molar-refractivity contribution in [2.24, 2.45) is 14.1 Å². The van der Waals surface area contributed by atoms with E-state index in [2.05, 4.69) is 30.7 Å². The van der Waals surface area contributed by atoms with Crippen molar-refractivity contribution < 1.29 is 4.79 Å². The highest BCUT2D eigenvalue weighted by Crippen LogP contribution is 2.27. The van der Waals surface area contributed by atoms with Gasteiger partial charge in [0.1, 0.15) is 5.82 Å². The van der Waals surface area contributed by atoms with Crippen molar-refractivity contribution in [3.8, 4) is 11.4 Å².